The average molecular weight is 425 g/mol. The van der Waals surface area contributed by atoms with Crippen LogP contribution in [-0.4, -0.2) is 41.5 Å². The van der Waals surface area contributed by atoms with Gasteiger partial charge in [-0.15, -0.1) is 0 Å². The molecule has 2 heterocycles. The lowest BCUT2D eigenvalue weighted by molar-refractivity contribution is -0.126. The van der Waals surface area contributed by atoms with Crippen LogP contribution >= 0.6 is 11.6 Å². The third kappa shape index (κ3) is 4.14. The highest BCUT2D eigenvalue weighted by atomic mass is 35.5. The van der Waals surface area contributed by atoms with Crippen molar-refractivity contribution in [3.05, 3.63) is 70.9 Å². The van der Waals surface area contributed by atoms with E-state index < -0.39 is 6.03 Å². The fraction of sp³-hybridized carbons (Fsp3) is 0.304. The molecule has 30 heavy (non-hydrogen) atoms. The molecule has 3 amide bonds. The highest BCUT2D eigenvalue weighted by Gasteiger charge is 2.28. The van der Waals surface area contributed by atoms with Gasteiger partial charge in [-0.05, 0) is 36.1 Å². The molecule has 0 radical (unpaired) electrons. The number of piperidine rings is 1. The van der Waals surface area contributed by atoms with E-state index in [4.69, 9.17) is 17.3 Å². The molecular weight excluding hydrogens is 400 g/mol. The second-order valence-corrected chi connectivity index (χ2v) is 8.14. The Labute approximate surface area is 180 Å². The number of aromatic nitrogens is 1. The van der Waals surface area contributed by atoms with E-state index in [1.165, 1.54) is 0 Å². The summed E-state index contributed by atoms with van der Waals surface area (Å²) in [6.45, 7) is 1.39. The zero-order valence-corrected chi connectivity index (χ0v) is 17.4. The van der Waals surface area contributed by atoms with Crippen molar-refractivity contribution in [2.24, 2.45) is 11.7 Å². The normalized spacial score (nSPS) is 17.6. The highest BCUT2D eigenvalue weighted by Crippen LogP contribution is 2.34. The van der Waals surface area contributed by atoms with Crippen LogP contribution in [0.15, 0.2) is 54.7 Å². The van der Waals surface area contributed by atoms with Crippen LogP contribution < -0.4 is 11.1 Å². The predicted molar refractivity (Wildman–Crippen MR) is 118 cm³/mol. The summed E-state index contributed by atoms with van der Waals surface area (Å²) in [6, 6.07) is 15.3. The van der Waals surface area contributed by atoms with Crippen molar-refractivity contribution >= 4 is 34.4 Å². The maximum atomic E-state index is 12.9. The number of nitrogens with zero attached hydrogens (tertiary/aromatic N) is 1. The largest absolute Gasteiger partial charge is 0.361 e. The molecule has 1 saturated heterocycles. The molecule has 0 aliphatic carbocycles. The van der Waals surface area contributed by atoms with Gasteiger partial charge in [0.05, 0.1) is 5.92 Å². The van der Waals surface area contributed by atoms with E-state index in [1.54, 1.807) is 4.90 Å². The Morgan fingerprint density at radius 2 is 1.93 bits per heavy atom. The third-order valence-electron chi connectivity index (χ3n) is 5.86. The van der Waals surface area contributed by atoms with Gasteiger partial charge in [0.1, 0.15) is 0 Å². The molecule has 3 aromatic rings. The predicted octanol–water partition coefficient (Wildman–Crippen LogP) is 3.86. The number of H-pyrrole nitrogens is 1. The molecule has 0 bridgehead atoms. The van der Waals surface area contributed by atoms with Crippen molar-refractivity contribution in [3.8, 4) is 0 Å². The Hall–Kier alpha value is -2.99. The molecule has 7 heteroatoms. The lowest BCUT2D eigenvalue weighted by atomic mass is 9.90. The van der Waals surface area contributed by atoms with Gasteiger partial charge < -0.3 is 20.9 Å². The van der Waals surface area contributed by atoms with E-state index in [2.05, 4.69) is 16.4 Å². The van der Waals surface area contributed by atoms with Gasteiger partial charge in [-0.25, -0.2) is 4.79 Å². The van der Waals surface area contributed by atoms with Crippen LogP contribution in [0.2, 0.25) is 5.02 Å². The van der Waals surface area contributed by atoms with Crippen molar-refractivity contribution in [2.75, 3.05) is 19.6 Å². The Morgan fingerprint density at radius 3 is 2.73 bits per heavy atom. The number of urea groups is 1. The molecule has 4 N–H and O–H groups in total. The molecule has 1 fully saturated rings. The molecule has 1 aliphatic rings. The number of aromatic amines is 1. The van der Waals surface area contributed by atoms with E-state index in [9.17, 15) is 9.59 Å². The van der Waals surface area contributed by atoms with Gasteiger partial charge in [0.2, 0.25) is 5.91 Å². The number of halogens is 1. The van der Waals surface area contributed by atoms with Gasteiger partial charge >= 0.3 is 6.03 Å². The third-order valence-corrected chi connectivity index (χ3v) is 6.21. The fourth-order valence-corrected chi connectivity index (χ4v) is 4.53. The van der Waals surface area contributed by atoms with E-state index in [0.29, 0.717) is 24.7 Å². The minimum atomic E-state index is -0.472. The molecule has 0 saturated carbocycles. The number of carbonyl (C=O) groups is 2. The summed E-state index contributed by atoms with van der Waals surface area (Å²) >= 11 is 6.52. The minimum Gasteiger partial charge on any atom is -0.361 e. The molecule has 2 aromatic carbocycles. The van der Waals surface area contributed by atoms with E-state index >= 15 is 0 Å². The fourth-order valence-electron chi connectivity index (χ4n) is 4.27. The van der Waals surface area contributed by atoms with Crippen molar-refractivity contribution < 1.29 is 9.59 Å². The number of fused-ring (bicyclic) bond motifs is 1. The molecule has 4 rings (SSSR count). The number of likely N-dealkylation sites (tertiary alicyclic amines) is 1. The summed E-state index contributed by atoms with van der Waals surface area (Å²) in [7, 11) is 0. The molecule has 0 unspecified atom stereocenters. The number of nitrogens with one attached hydrogen (secondary N) is 2. The van der Waals surface area contributed by atoms with Crippen LogP contribution in [0, 0.1) is 5.92 Å². The number of para-hydroxylation sites is 1. The average Bonchev–Trinajstić information content (AvgIpc) is 3.19. The molecule has 156 valence electrons. The maximum absolute atomic E-state index is 12.9. The first kappa shape index (κ1) is 20.3. The van der Waals surface area contributed by atoms with Crippen molar-refractivity contribution in [3.63, 3.8) is 0 Å². The van der Waals surface area contributed by atoms with Crippen LogP contribution in [0.3, 0.4) is 0 Å². The van der Waals surface area contributed by atoms with Crippen molar-refractivity contribution in [2.45, 2.75) is 18.8 Å². The van der Waals surface area contributed by atoms with Gasteiger partial charge in [-0.2, -0.15) is 0 Å². The minimum absolute atomic E-state index is 0.0576. The lowest BCUT2D eigenvalue weighted by Gasteiger charge is -2.31. The SMILES string of the molecule is NC(=O)N1CCC[C@@H](C(=O)NC[C@H](c2ccccc2Cl)c2c[nH]c3ccccc23)C1. The summed E-state index contributed by atoms with van der Waals surface area (Å²) in [6.07, 6.45) is 3.51. The van der Waals surface area contributed by atoms with E-state index in [1.807, 2.05) is 48.7 Å². The zero-order valence-electron chi connectivity index (χ0n) is 16.6. The second kappa shape index (κ2) is 8.79. The van der Waals surface area contributed by atoms with Crippen LogP contribution in [0.25, 0.3) is 10.9 Å². The van der Waals surface area contributed by atoms with E-state index in [-0.39, 0.29) is 17.7 Å². The van der Waals surface area contributed by atoms with Crippen LogP contribution in [0.4, 0.5) is 4.79 Å². The standard InChI is InChI=1S/C23H25ClN4O2/c24-20-9-3-1-7-16(20)18(19-12-26-21-10-4-2-8-17(19)21)13-27-22(29)15-6-5-11-28(14-15)23(25)30/h1-4,7-10,12,15,18,26H,5-6,11,13-14H2,(H2,25,30)(H,27,29)/t15-,18-/m1/s1. The van der Waals surface area contributed by atoms with Gasteiger partial charge in [0.25, 0.3) is 0 Å². The second-order valence-electron chi connectivity index (χ2n) is 7.73. The van der Waals surface area contributed by atoms with Crippen LogP contribution in [0.5, 0.6) is 0 Å². The summed E-state index contributed by atoms with van der Waals surface area (Å²) in [5.41, 5.74) is 8.49. The number of primary amides is 1. The Balaban J connectivity index is 1.57. The van der Waals surface area contributed by atoms with Crippen molar-refractivity contribution in [1.29, 1.82) is 0 Å². The first-order valence-electron chi connectivity index (χ1n) is 10.2. The number of rotatable bonds is 5. The quantitative estimate of drug-likeness (QED) is 0.580. The smallest absolute Gasteiger partial charge is 0.314 e. The Morgan fingerprint density at radius 1 is 1.17 bits per heavy atom. The topological polar surface area (TPSA) is 91.2 Å². The van der Waals surface area contributed by atoms with Gasteiger partial charge in [0.15, 0.2) is 0 Å². The first-order valence-corrected chi connectivity index (χ1v) is 10.5. The molecule has 0 spiro atoms. The monoisotopic (exact) mass is 424 g/mol. The highest BCUT2D eigenvalue weighted by molar-refractivity contribution is 6.31. The van der Waals surface area contributed by atoms with Gasteiger partial charge in [-0.1, -0.05) is 48.0 Å². The number of carbonyl (C=O) groups excluding carboxylic acids is 2. The molecule has 1 aromatic heterocycles. The number of amides is 3. The molecule has 1 aliphatic heterocycles. The molecular formula is C23H25ClN4O2. The summed E-state index contributed by atoms with van der Waals surface area (Å²) in [5, 5.41) is 4.87. The van der Waals surface area contributed by atoms with Gasteiger partial charge in [0, 0.05) is 47.7 Å². The maximum Gasteiger partial charge on any atom is 0.314 e. The van der Waals surface area contributed by atoms with Crippen LogP contribution in [-0.2, 0) is 4.79 Å². The van der Waals surface area contributed by atoms with Crippen LogP contribution in [0.1, 0.15) is 29.9 Å². The lowest BCUT2D eigenvalue weighted by Crippen LogP contribution is -2.47. The number of nitrogens with two attached hydrogens (primary N) is 1. The zero-order chi connectivity index (χ0) is 21.1. The number of benzene rings is 2. The Bertz CT molecular complexity index is 1060. The number of hydrogen-bond acceptors (Lipinski definition) is 2. The van der Waals surface area contributed by atoms with Gasteiger partial charge in [-0.3, -0.25) is 4.79 Å². The molecule has 2 atom stereocenters. The van der Waals surface area contributed by atoms with Crippen molar-refractivity contribution in [1.82, 2.24) is 15.2 Å². The summed E-state index contributed by atoms with van der Waals surface area (Å²) < 4.78 is 0. The number of hydrogen-bond donors (Lipinski definition) is 3. The first-order chi connectivity index (χ1) is 14.5. The molecule has 6 nitrogen and oxygen atoms in total. The van der Waals surface area contributed by atoms with E-state index in [0.717, 1.165) is 34.9 Å². The summed E-state index contributed by atoms with van der Waals surface area (Å²) in [4.78, 5) is 29.2. The summed E-state index contributed by atoms with van der Waals surface area (Å²) in [5.74, 6) is -0.409. The Kier molecular flexibility index (Phi) is 5.95.